The molecule has 1 fully saturated rings. The highest BCUT2D eigenvalue weighted by atomic mass is 35.5. The van der Waals surface area contributed by atoms with E-state index >= 15 is 0 Å². The second kappa shape index (κ2) is 11.2. The number of aromatic nitrogens is 4. The number of rotatable bonds is 9. The summed E-state index contributed by atoms with van der Waals surface area (Å²) in [4.78, 5) is 8.83. The summed E-state index contributed by atoms with van der Waals surface area (Å²) in [6, 6.07) is 6.18. The van der Waals surface area contributed by atoms with E-state index in [2.05, 4.69) is 43.1 Å². The molecule has 0 aliphatic carbocycles. The molecule has 3 N–H and O–H groups in total. The number of piperidine rings is 1. The molecule has 2 aromatic heterocycles. The van der Waals surface area contributed by atoms with Gasteiger partial charge in [0.1, 0.15) is 10.8 Å². The Hall–Kier alpha value is -2.89. The summed E-state index contributed by atoms with van der Waals surface area (Å²) in [5.74, 6) is 1.75. The SMILES string of the molecule is CC(C)Oc1cc(C2CCNCC2)ccc1Nc1ncc(Cl)c(Nc2cn(C)nc2S(=O)(=O)C(C)C)n1. The Morgan fingerprint density at radius 2 is 1.86 bits per heavy atom. The van der Waals surface area contributed by atoms with Gasteiger partial charge in [0.25, 0.3) is 0 Å². The van der Waals surface area contributed by atoms with E-state index in [0.29, 0.717) is 5.92 Å². The molecule has 0 saturated carbocycles. The number of sulfone groups is 1. The van der Waals surface area contributed by atoms with Gasteiger partial charge in [-0.05, 0) is 77.2 Å². The average Bonchev–Trinajstić information content (AvgIpc) is 3.23. The van der Waals surface area contributed by atoms with E-state index in [1.54, 1.807) is 27.1 Å². The Kier molecular flexibility index (Phi) is 8.25. The lowest BCUT2D eigenvalue weighted by atomic mass is 9.90. The van der Waals surface area contributed by atoms with Gasteiger partial charge in [-0.15, -0.1) is 0 Å². The van der Waals surface area contributed by atoms with Crippen LogP contribution in [0.25, 0.3) is 0 Å². The number of benzene rings is 1. The van der Waals surface area contributed by atoms with Crippen molar-refractivity contribution in [3.05, 3.63) is 41.2 Å². The molecule has 0 unspecified atom stereocenters. The van der Waals surface area contributed by atoms with E-state index in [9.17, 15) is 8.42 Å². The molecular formula is C25H34ClN7O3S. The van der Waals surface area contributed by atoms with Crippen LogP contribution in [0.2, 0.25) is 5.02 Å². The number of nitrogens with zero attached hydrogens (tertiary/aromatic N) is 4. The van der Waals surface area contributed by atoms with Crippen LogP contribution >= 0.6 is 11.6 Å². The normalized spacial score (nSPS) is 14.8. The summed E-state index contributed by atoms with van der Waals surface area (Å²) in [7, 11) is -1.97. The minimum absolute atomic E-state index is 0.0147. The number of halogens is 1. The molecule has 4 rings (SSSR count). The van der Waals surface area contributed by atoms with E-state index in [1.165, 1.54) is 16.4 Å². The van der Waals surface area contributed by atoms with Crippen molar-refractivity contribution in [3.8, 4) is 5.75 Å². The third-order valence-corrected chi connectivity index (χ3v) is 8.47. The number of ether oxygens (including phenoxy) is 1. The van der Waals surface area contributed by atoms with Gasteiger partial charge in [-0.2, -0.15) is 10.1 Å². The summed E-state index contributed by atoms with van der Waals surface area (Å²) >= 11 is 6.37. The van der Waals surface area contributed by atoms with Gasteiger partial charge >= 0.3 is 0 Å². The second-order valence-electron chi connectivity index (χ2n) is 9.70. The molecule has 1 aliphatic heterocycles. The highest BCUT2D eigenvalue weighted by Crippen LogP contribution is 2.35. The lowest BCUT2D eigenvalue weighted by molar-refractivity contribution is 0.243. The molecule has 12 heteroatoms. The Morgan fingerprint density at radius 1 is 1.14 bits per heavy atom. The molecule has 200 valence electrons. The van der Waals surface area contributed by atoms with Crippen LogP contribution in [0.15, 0.2) is 35.6 Å². The fourth-order valence-electron chi connectivity index (χ4n) is 4.15. The van der Waals surface area contributed by atoms with Gasteiger partial charge in [0.2, 0.25) is 20.8 Å². The maximum absolute atomic E-state index is 12.8. The zero-order chi connectivity index (χ0) is 26.7. The fourth-order valence-corrected chi connectivity index (χ4v) is 5.39. The van der Waals surface area contributed by atoms with Crippen molar-refractivity contribution in [1.82, 2.24) is 25.1 Å². The van der Waals surface area contributed by atoms with Crippen molar-refractivity contribution in [3.63, 3.8) is 0 Å². The molecule has 0 atom stereocenters. The van der Waals surface area contributed by atoms with E-state index in [0.717, 1.165) is 37.4 Å². The summed E-state index contributed by atoms with van der Waals surface area (Å²) in [5, 5.41) is 13.4. The van der Waals surface area contributed by atoms with E-state index < -0.39 is 15.1 Å². The third kappa shape index (κ3) is 6.34. The van der Waals surface area contributed by atoms with Crippen LogP contribution in [0.1, 0.15) is 52.0 Å². The van der Waals surface area contributed by atoms with Gasteiger partial charge in [0.15, 0.2) is 5.82 Å². The number of hydrogen-bond donors (Lipinski definition) is 3. The van der Waals surface area contributed by atoms with Crippen LogP contribution in [0.5, 0.6) is 5.75 Å². The van der Waals surface area contributed by atoms with Crippen molar-refractivity contribution in [1.29, 1.82) is 0 Å². The lowest BCUT2D eigenvalue weighted by Crippen LogP contribution is -2.26. The fraction of sp³-hybridized carbons (Fsp3) is 0.480. The molecule has 3 heterocycles. The van der Waals surface area contributed by atoms with Gasteiger partial charge in [0, 0.05) is 13.2 Å². The van der Waals surface area contributed by atoms with Crippen LogP contribution in [0.4, 0.5) is 23.1 Å². The average molecular weight is 548 g/mol. The lowest BCUT2D eigenvalue weighted by Gasteiger charge is -2.24. The number of aryl methyl sites for hydroxylation is 1. The number of nitrogens with one attached hydrogen (secondary N) is 3. The number of anilines is 4. The summed E-state index contributed by atoms with van der Waals surface area (Å²) in [6.45, 7) is 9.21. The van der Waals surface area contributed by atoms with Gasteiger partial charge < -0.3 is 20.7 Å². The van der Waals surface area contributed by atoms with Crippen molar-refractivity contribution in [2.45, 2.75) is 62.8 Å². The zero-order valence-electron chi connectivity index (χ0n) is 21.7. The first-order valence-electron chi connectivity index (χ1n) is 12.4. The van der Waals surface area contributed by atoms with Crippen LogP contribution in [0.3, 0.4) is 0 Å². The number of hydrogen-bond acceptors (Lipinski definition) is 9. The quantitative estimate of drug-likeness (QED) is 0.347. The monoisotopic (exact) mass is 547 g/mol. The predicted molar refractivity (Wildman–Crippen MR) is 146 cm³/mol. The summed E-state index contributed by atoms with van der Waals surface area (Å²) < 4.78 is 33.2. The molecule has 0 amide bonds. The van der Waals surface area contributed by atoms with Crippen molar-refractivity contribution < 1.29 is 13.2 Å². The minimum Gasteiger partial charge on any atom is -0.489 e. The molecule has 37 heavy (non-hydrogen) atoms. The summed E-state index contributed by atoms with van der Waals surface area (Å²) in [5.41, 5.74) is 2.26. The van der Waals surface area contributed by atoms with Gasteiger partial charge in [-0.1, -0.05) is 17.7 Å². The maximum atomic E-state index is 12.8. The molecule has 1 aromatic carbocycles. The van der Waals surface area contributed by atoms with Crippen molar-refractivity contribution >= 4 is 44.6 Å². The van der Waals surface area contributed by atoms with E-state index in [-0.39, 0.29) is 33.6 Å². The van der Waals surface area contributed by atoms with Crippen LogP contribution in [-0.2, 0) is 16.9 Å². The van der Waals surface area contributed by atoms with Gasteiger partial charge in [-0.25, -0.2) is 13.4 Å². The summed E-state index contributed by atoms with van der Waals surface area (Å²) in [6.07, 6.45) is 5.20. The molecule has 0 bridgehead atoms. The molecule has 0 radical (unpaired) electrons. The highest BCUT2D eigenvalue weighted by Gasteiger charge is 2.27. The van der Waals surface area contributed by atoms with Gasteiger partial charge in [-0.3, -0.25) is 4.68 Å². The Bertz CT molecular complexity index is 1350. The predicted octanol–water partition coefficient (Wildman–Crippen LogP) is 4.79. The van der Waals surface area contributed by atoms with Crippen LogP contribution in [-0.4, -0.2) is 52.6 Å². The first kappa shape index (κ1) is 27.2. The zero-order valence-corrected chi connectivity index (χ0v) is 23.3. The van der Waals surface area contributed by atoms with Crippen molar-refractivity contribution in [2.75, 3.05) is 23.7 Å². The van der Waals surface area contributed by atoms with Crippen molar-refractivity contribution in [2.24, 2.45) is 7.05 Å². The van der Waals surface area contributed by atoms with Gasteiger partial charge in [0.05, 0.1) is 28.9 Å². The Morgan fingerprint density at radius 3 is 2.54 bits per heavy atom. The third-order valence-electron chi connectivity index (χ3n) is 6.11. The molecular weight excluding hydrogens is 514 g/mol. The Balaban J connectivity index is 1.62. The molecule has 0 spiro atoms. The van der Waals surface area contributed by atoms with Crippen LogP contribution in [0, 0.1) is 0 Å². The highest BCUT2D eigenvalue weighted by molar-refractivity contribution is 7.92. The maximum Gasteiger partial charge on any atom is 0.229 e. The smallest absolute Gasteiger partial charge is 0.229 e. The molecule has 10 nitrogen and oxygen atoms in total. The molecule has 1 saturated heterocycles. The largest absolute Gasteiger partial charge is 0.489 e. The second-order valence-corrected chi connectivity index (χ2v) is 12.5. The topological polar surface area (TPSA) is 123 Å². The molecule has 3 aromatic rings. The van der Waals surface area contributed by atoms with E-state index in [4.69, 9.17) is 16.3 Å². The van der Waals surface area contributed by atoms with Crippen LogP contribution < -0.4 is 20.7 Å². The standard InChI is InChI=1S/C25H34ClN7O3S/c1-15(2)36-22-12-18(17-8-10-27-11-9-17)6-7-20(22)30-25-28-13-19(26)23(31-25)29-21-14-33(5)32-24(21)37(34,35)16(3)4/h6-7,12-17,27H,8-11H2,1-5H3,(H2,28,29,30,31). The first-order chi connectivity index (χ1) is 17.5. The first-order valence-corrected chi connectivity index (χ1v) is 14.3. The minimum atomic E-state index is -3.63. The molecule has 1 aliphatic rings. The van der Waals surface area contributed by atoms with E-state index in [1.807, 2.05) is 19.9 Å². The Labute approximate surface area is 223 Å².